The summed E-state index contributed by atoms with van der Waals surface area (Å²) in [5, 5.41) is 0. The summed E-state index contributed by atoms with van der Waals surface area (Å²) in [6, 6.07) is 10.2. The van der Waals surface area contributed by atoms with Gasteiger partial charge in [-0.3, -0.25) is 0 Å². The highest BCUT2D eigenvalue weighted by Gasteiger charge is 2.15. The minimum atomic E-state index is 0.962. The van der Waals surface area contributed by atoms with E-state index in [9.17, 15) is 0 Å². The molecule has 1 aromatic heterocycles. The number of rotatable bonds is 1. The molecule has 2 heteroatoms. The van der Waals surface area contributed by atoms with Crippen LogP contribution in [-0.4, -0.2) is 0 Å². The van der Waals surface area contributed by atoms with E-state index in [0.29, 0.717) is 0 Å². The lowest BCUT2D eigenvalue weighted by atomic mass is 10.3. The van der Waals surface area contributed by atoms with Crippen LogP contribution < -0.4 is 4.57 Å². The Morgan fingerprint density at radius 1 is 1.08 bits per heavy atom. The van der Waals surface area contributed by atoms with E-state index in [1.165, 1.54) is 0 Å². The van der Waals surface area contributed by atoms with Crippen molar-refractivity contribution in [3.05, 3.63) is 48.2 Å². The molecule has 0 bridgehead atoms. The van der Waals surface area contributed by atoms with Gasteiger partial charge in [0.15, 0.2) is 5.76 Å². The van der Waals surface area contributed by atoms with E-state index in [2.05, 4.69) is 12.1 Å². The number of oxazole rings is 1. The molecule has 0 atom stereocenters. The van der Waals surface area contributed by atoms with Crippen molar-refractivity contribution in [1.29, 1.82) is 0 Å². The van der Waals surface area contributed by atoms with Crippen LogP contribution in [0.1, 0.15) is 11.5 Å². The predicted octanol–water partition coefficient (Wildman–Crippen LogP) is 2.17. The van der Waals surface area contributed by atoms with Gasteiger partial charge in [0.2, 0.25) is 11.4 Å². The second kappa shape index (κ2) is 3.05. The molecule has 0 saturated carbocycles. The summed E-state index contributed by atoms with van der Waals surface area (Å²) in [5.74, 6) is 0.962. The van der Waals surface area contributed by atoms with E-state index in [1.54, 1.807) is 6.39 Å². The maximum atomic E-state index is 5.31. The molecule has 0 spiro atoms. The second-order valence-corrected chi connectivity index (χ2v) is 3.07. The topological polar surface area (TPSA) is 17.0 Å². The van der Waals surface area contributed by atoms with E-state index >= 15 is 0 Å². The predicted molar refractivity (Wildman–Crippen MR) is 49.7 cm³/mol. The molecule has 0 N–H and O–H groups in total. The fourth-order valence-electron chi connectivity index (χ4n) is 1.31. The molecule has 1 aromatic carbocycles. The molecule has 2 aromatic rings. The summed E-state index contributed by atoms with van der Waals surface area (Å²) < 4.78 is 7.35. The van der Waals surface area contributed by atoms with Gasteiger partial charge in [-0.05, 0) is 0 Å². The first-order valence-corrected chi connectivity index (χ1v) is 4.31. The Bertz CT molecular complexity index is 403. The number of benzene rings is 1. The Morgan fingerprint density at radius 2 is 1.77 bits per heavy atom. The third-order valence-corrected chi connectivity index (χ3v) is 2.24. The monoisotopic (exact) mass is 174 g/mol. The van der Waals surface area contributed by atoms with Crippen molar-refractivity contribution in [3.8, 4) is 5.69 Å². The number of hydrogen-bond acceptors (Lipinski definition) is 1. The second-order valence-electron chi connectivity index (χ2n) is 3.07. The molecule has 13 heavy (non-hydrogen) atoms. The Morgan fingerprint density at radius 3 is 2.31 bits per heavy atom. The lowest BCUT2D eigenvalue weighted by Crippen LogP contribution is -2.30. The van der Waals surface area contributed by atoms with Crippen LogP contribution in [0.5, 0.6) is 0 Å². The molecule has 0 fully saturated rings. The van der Waals surface area contributed by atoms with Gasteiger partial charge in [0.1, 0.15) is 0 Å². The van der Waals surface area contributed by atoms with Crippen molar-refractivity contribution >= 4 is 0 Å². The van der Waals surface area contributed by atoms with Crippen LogP contribution in [0.4, 0.5) is 0 Å². The van der Waals surface area contributed by atoms with Crippen molar-refractivity contribution in [2.45, 2.75) is 13.8 Å². The van der Waals surface area contributed by atoms with Crippen molar-refractivity contribution in [3.63, 3.8) is 0 Å². The minimum Gasteiger partial charge on any atom is -0.409 e. The zero-order chi connectivity index (χ0) is 9.26. The lowest BCUT2D eigenvalue weighted by molar-refractivity contribution is -0.605. The van der Waals surface area contributed by atoms with Gasteiger partial charge in [0.05, 0.1) is 0 Å². The summed E-state index contributed by atoms with van der Waals surface area (Å²) in [6.45, 7) is 4.01. The first kappa shape index (κ1) is 8.05. The highest BCUT2D eigenvalue weighted by Crippen LogP contribution is 2.05. The van der Waals surface area contributed by atoms with Crippen molar-refractivity contribution < 1.29 is 8.98 Å². The summed E-state index contributed by atoms with van der Waals surface area (Å²) in [5.41, 5.74) is 2.28. The van der Waals surface area contributed by atoms with Gasteiger partial charge in [-0.2, -0.15) is 0 Å². The molecule has 0 radical (unpaired) electrons. The van der Waals surface area contributed by atoms with Gasteiger partial charge in [-0.25, -0.2) is 0 Å². The van der Waals surface area contributed by atoms with Crippen LogP contribution in [0.15, 0.2) is 41.1 Å². The molecule has 2 rings (SSSR count). The van der Waals surface area contributed by atoms with E-state index < -0.39 is 0 Å². The van der Waals surface area contributed by atoms with Crippen molar-refractivity contribution in [1.82, 2.24) is 0 Å². The van der Waals surface area contributed by atoms with E-state index in [4.69, 9.17) is 4.42 Å². The maximum Gasteiger partial charge on any atom is 0.340 e. The Labute approximate surface area is 77.4 Å². The highest BCUT2D eigenvalue weighted by atomic mass is 16.3. The molecule has 2 nitrogen and oxygen atoms in total. The average molecular weight is 174 g/mol. The van der Waals surface area contributed by atoms with Crippen molar-refractivity contribution in [2.75, 3.05) is 0 Å². The molecule has 0 aliphatic heterocycles. The molecule has 0 aliphatic rings. The number of aromatic nitrogens is 1. The van der Waals surface area contributed by atoms with Gasteiger partial charge in [0, 0.05) is 26.0 Å². The number of hydrogen-bond donors (Lipinski definition) is 0. The molecule has 66 valence electrons. The lowest BCUT2D eigenvalue weighted by Gasteiger charge is -1.90. The summed E-state index contributed by atoms with van der Waals surface area (Å²) >= 11 is 0. The SMILES string of the molecule is Cc1oc[n+](-c2ccccc2)c1C. The third kappa shape index (κ3) is 1.35. The summed E-state index contributed by atoms with van der Waals surface area (Å²) in [6.07, 6.45) is 1.74. The number of para-hydroxylation sites is 1. The fraction of sp³-hybridized carbons (Fsp3) is 0.182. The quantitative estimate of drug-likeness (QED) is 0.605. The average Bonchev–Trinajstić information content (AvgIpc) is 2.49. The van der Waals surface area contributed by atoms with Gasteiger partial charge >= 0.3 is 6.39 Å². The minimum absolute atomic E-state index is 0.962. The Balaban J connectivity index is 2.53. The summed E-state index contributed by atoms with van der Waals surface area (Å²) in [7, 11) is 0. The first-order valence-electron chi connectivity index (χ1n) is 4.31. The van der Waals surface area contributed by atoms with Gasteiger partial charge in [-0.15, -0.1) is 4.57 Å². The largest absolute Gasteiger partial charge is 0.409 e. The Hall–Kier alpha value is -1.57. The van der Waals surface area contributed by atoms with E-state index in [-0.39, 0.29) is 0 Å². The van der Waals surface area contributed by atoms with Crippen molar-refractivity contribution in [2.24, 2.45) is 0 Å². The molecular weight excluding hydrogens is 162 g/mol. The zero-order valence-corrected chi connectivity index (χ0v) is 7.82. The standard InChI is InChI=1S/C11H12NO/c1-9-10(2)13-8-12(9)11-6-4-3-5-7-11/h3-8H,1-2H3/q+1. The van der Waals surface area contributed by atoms with Crippen LogP contribution in [-0.2, 0) is 0 Å². The maximum absolute atomic E-state index is 5.31. The van der Waals surface area contributed by atoms with Gasteiger partial charge in [0.25, 0.3) is 0 Å². The molecule has 0 aliphatic carbocycles. The fourth-order valence-corrected chi connectivity index (χ4v) is 1.31. The van der Waals surface area contributed by atoms with Crippen LogP contribution in [0.2, 0.25) is 0 Å². The van der Waals surface area contributed by atoms with Crippen LogP contribution in [0.3, 0.4) is 0 Å². The van der Waals surface area contributed by atoms with Crippen LogP contribution in [0, 0.1) is 13.8 Å². The molecule has 0 saturated heterocycles. The summed E-state index contributed by atoms with van der Waals surface area (Å²) in [4.78, 5) is 0. The van der Waals surface area contributed by atoms with E-state index in [1.807, 2.05) is 36.6 Å². The molecule has 0 unspecified atom stereocenters. The zero-order valence-electron chi connectivity index (χ0n) is 7.82. The first-order chi connectivity index (χ1) is 6.29. The van der Waals surface area contributed by atoms with Gasteiger partial charge in [-0.1, -0.05) is 18.2 Å². The van der Waals surface area contributed by atoms with E-state index in [0.717, 1.165) is 17.1 Å². The smallest absolute Gasteiger partial charge is 0.340 e. The van der Waals surface area contributed by atoms with Crippen LogP contribution in [0.25, 0.3) is 5.69 Å². The van der Waals surface area contributed by atoms with Gasteiger partial charge < -0.3 is 4.42 Å². The normalized spacial score (nSPS) is 10.3. The molecular formula is C11H12NO+. The highest BCUT2D eigenvalue weighted by molar-refractivity contribution is 5.22. The number of nitrogens with zero attached hydrogens (tertiary/aromatic N) is 1. The Kier molecular flexibility index (Phi) is 1.89. The van der Waals surface area contributed by atoms with Crippen LogP contribution >= 0.6 is 0 Å². The third-order valence-electron chi connectivity index (χ3n) is 2.24. The molecule has 1 heterocycles. The number of aryl methyl sites for hydroxylation is 1. The molecule has 0 amide bonds.